The minimum atomic E-state index is -0.451. The molecule has 1 aliphatic heterocycles. The number of benzene rings is 2. The molecule has 9 nitrogen and oxygen atoms in total. The summed E-state index contributed by atoms with van der Waals surface area (Å²) in [4.78, 5) is 29.4. The smallest absolute Gasteiger partial charge is 0.274 e. The highest BCUT2D eigenvalue weighted by Gasteiger charge is 2.30. The van der Waals surface area contributed by atoms with Gasteiger partial charge in [0.15, 0.2) is 17.4 Å². The van der Waals surface area contributed by atoms with Crippen LogP contribution in [0.3, 0.4) is 0 Å². The van der Waals surface area contributed by atoms with Gasteiger partial charge in [0.2, 0.25) is 5.91 Å². The Morgan fingerprint density at radius 3 is 2.74 bits per heavy atom. The van der Waals surface area contributed by atoms with E-state index in [1.54, 1.807) is 53.4 Å². The third-order valence-electron chi connectivity index (χ3n) is 6.63. The van der Waals surface area contributed by atoms with Crippen LogP contribution in [0.25, 0.3) is 16.6 Å². The number of fused-ring (bicyclic) bond motifs is 1. The maximum atomic E-state index is 14.0. The van der Waals surface area contributed by atoms with E-state index >= 15 is 0 Å². The maximum Gasteiger partial charge on any atom is 0.274 e. The van der Waals surface area contributed by atoms with Gasteiger partial charge in [0.1, 0.15) is 11.3 Å². The van der Waals surface area contributed by atoms with Crippen LogP contribution in [0.4, 0.5) is 10.2 Å². The van der Waals surface area contributed by atoms with Gasteiger partial charge in [-0.05, 0) is 62.5 Å². The van der Waals surface area contributed by atoms with E-state index in [9.17, 15) is 14.0 Å². The minimum Gasteiger partial charge on any atom is -0.454 e. The molecular weight excluding hydrogens is 487 g/mol. The number of likely N-dealkylation sites (N-methyl/N-ethyl adjacent to an activating group) is 1. The van der Waals surface area contributed by atoms with Crippen molar-refractivity contribution in [2.75, 3.05) is 39.5 Å². The number of nitrogen functional groups attached to an aromatic ring is 1. The first kappa shape index (κ1) is 25.2. The monoisotopic (exact) mass is 516 g/mol. The Hall–Kier alpha value is -4.44. The first-order chi connectivity index (χ1) is 18.3. The van der Waals surface area contributed by atoms with Crippen molar-refractivity contribution in [2.24, 2.45) is 0 Å². The molecule has 1 amide bonds. The van der Waals surface area contributed by atoms with Gasteiger partial charge in [0.25, 0.3) is 5.56 Å². The van der Waals surface area contributed by atoms with Gasteiger partial charge in [0, 0.05) is 43.5 Å². The van der Waals surface area contributed by atoms with Gasteiger partial charge in [-0.15, -0.1) is 0 Å². The largest absolute Gasteiger partial charge is 0.454 e. The van der Waals surface area contributed by atoms with Crippen LogP contribution in [0.2, 0.25) is 0 Å². The number of H-pyrrole nitrogens is 1. The summed E-state index contributed by atoms with van der Waals surface area (Å²) in [6.07, 6.45) is 6.07. The number of carbonyl (C=O) groups is 1. The molecule has 38 heavy (non-hydrogen) atoms. The fourth-order valence-electron chi connectivity index (χ4n) is 4.76. The van der Waals surface area contributed by atoms with Crippen molar-refractivity contribution >= 4 is 22.6 Å². The fourth-order valence-corrected chi connectivity index (χ4v) is 4.76. The second kappa shape index (κ2) is 10.5. The topological polar surface area (TPSA) is 109 Å². The number of nitrogens with one attached hydrogen (secondary N) is 1. The third kappa shape index (κ3) is 5.03. The van der Waals surface area contributed by atoms with Crippen molar-refractivity contribution in [3.8, 4) is 17.2 Å². The van der Waals surface area contributed by atoms with Gasteiger partial charge in [-0.25, -0.2) is 9.49 Å². The summed E-state index contributed by atoms with van der Waals surface area (Å²) in [5.74, 6) is 0.260. The number of halogens is 1. The summed E-state index contributed by atoms with van der Waals surface area (Å²) in [5, 5.41) is 6.94. The molecule has 0 saturated carbocycles. The predicted octanol–water partition coefficient (Wildman–Crippen LogP) is 3.66. The van der Waals surface area contributed by atoms with E-state index in [-0.39, 0.29) is 29.0 Å². The molecule has 0 aliphatic carbocycles. The highest BCUT2D eigenvalue weighted by Crippen LogP contribution is 2.35. The van der Waals surface area contributed by atoms with Gasteiger partial charge in [-0.3, -0.25) is 9.59 Å². The maximum absolute atomic E-state index is 14.0. The molecule has 3 N–H and O–H groups in total. The first-order valence-electron chi connectivity index (χ1n) is 12.3. The number of nitrogens with two attached hydrogens (primary N) is 1. The van der Waals surface area contributed by atoms with Gasteiger partial charge in [0.05, 0.1) is 5.39 Å². The summed E-state index contributed by atoms with van der Waals surface area (Å²) in [7, 11) is 3.89. The number of hydrogen-bond donors (Lipinski definition) is 2. The number of nitrogens with zero attached hydrogens (tertiary/aromatic N) is 4. The Morgan fingerprint density at radius 2 is 2.00 bits per heavy atom. The number of anilines is 1. The minimum absolute atomic E-state index is 0.0310. The molecule has 0 spiro atoms. The fraction of sp³-hybridized carbons (Fsp3) is 0.250. The van der Waals surface area contributed by atoms with Crippen LogP contribution in [-0.2, 0) is 4.79 Å². The Morgan fingerprint density at radius 1 is 1.24 bits per heavy atom. The highest BCUT2D eigenvalue weighted by atomic mass is 19.1. The lowest BCUT2D eigenvalue weighted by Gasteiger charge is -2.14. The number of aromatic nitrogens is 3. The van der Waals surface area contributed by atoms with Crippen molar-refractivity contribution in [1.29, 1.82) is 0 Å². The zero-order valence-corrected chi connectivity index (χ0v) is 21.2. The molecule has 0 radical (unpaired) electrons. The Bertz CT molecular complexity index is 1560. The molecule has 196 valence electrons. The molecule has 10 heteroatoms. The average molecular weight is 517 g/mol. The number of aromatic amines is 1. The average Bonchev–Trinajstić information content (AvgIpc) is 3.54. The molecule has 5 rings (SSSR count). The molecule has 1 fully saturated rings. The van der Waals surface area contributed by atoms with Crippen molar-refractivity contribution < 1.29 is 13.9 Å². The van der Waals surface area contributed by atoms with Gasteiger partial charge in [-0.2, -0.15) is 5.10 Å². The van der Waals surface area contributed by atoms with Crippen molar-refractivity contribution in [3.05, 3.63) is 88.6 Å². The van der Waals surface area contributed by atoms with E-state index in [1.165, 1.54) is 6.07 Å². The van der Waals surface area contributed by atoms with Crippen LogP contribution in [0.1, 0.15) is 17.9 Å². The predicted molar refractivity (Wildman–Crippen MR) is 144 cm³/mol. The molecule has 1 aliphatic rings. The van der Waals surface area contributed by atoms with E-state index < -0.39 is 5.82 Å². The molecule has 1 atom stereocenters. The Labute approximate surface area is 218 Å². The Kier molecular flexibility index (Phi) is 6.97. The van der Waals surface area contributed by atoms with Crippen molar-refractivity contribution in [1.82, 2.24) is 24.6 Å². The first-order valence-corrected chi connectivity index (χ1v) is 12.3. The molecule has 4 aromatic rings. The van der Waals surface area contributed by atoms with Crippen LogP contribution >= 0.6 is 0 Å². The van der Waals surface area contributed by atoms with Crippen LogP contribution in [-0.4, -0.2) is 64.2 Å². The van der Waals surface area contributed by atoms with Crippen LogP contribution in [0.5, 0.6) is 11.5 Å². The standard InChI is InChI=1S/C28H29FN6O3/c1-33(2)14-5-8-24(36)34-15-13-18(16-34)21-17-35(26-25(21)28(37)32-31-27(26)30)19-9-11-20(12-10-19)38-23-7-4-3-6-22(23)29/h3-12,17-18H,13-16H2,1-2H3,(H2,30,31)(H,32,37)/b8-5+/t18-/m1/s1. The van der Waals surface area contributed by atoms with E-state index in [2.05, 4.69) is 10.2 Å². The second-order valence-electron chi connectivity index (χ2n) is 9.58. The lowest BCUT2D eigenvalue weighted by atomic mass is 9.99. The zero-order chi connectivity index (χ0) is 26.8. The lowest BCUT2D eigenvalue weighted by Crippen LogP contribution is -2.27. The summed E-state index contributed by atoms with van der Waals surface area (Å²) >= 11 is 0. The van der Waals surface area contributed by atoms with E-state index in [4.69, 9.17) is 10.5 Å². The lowest BCUT2D eigenvalue weighted by molar-refractivity contribution is -0.125. The number of ether oxygens (including phenoxy) is 1. The van der Waals surface area contributed by atoms with Crippen LogP contribution in [0.15, 0.2) is 71.7 Å². The molecule has 0 bridgehead atoms. The normalized spacial score (nSPS) is 15.7. The number of hydrogen-bond acceptors (Lipinski definition) is 6. The second-order valence-corrected chi connectivity index (χ2v) is 9.58. The number of amides is 1. The van der Waals surface area contributed by atoms with Gasteiger partial charge in [-0.1, -0.05) is 18.2 Å². The number of likely N-dealkylation sites (tertiary alicyclic amines) is 1. The Balaban J connectivity index is 1.45. The number of carbonyl (C=O) groups excluding carboxylic acids is 1. The molecule has 1 saturated heterocycles. The van der Waals surface area contributed by atoms with Crippen LogP contribution < -0.4 is 16.0 Å². The highest BCUT2D eigenvalue weighted by molar-refractivity contribution is 5.93. The van der Waals surface area contributed by atoms with Gasteiger partial charge >= 0.3 is 0 Å². The summed E-state index contributed by atoms with van der Waals surface area (Å²) in [6.45, 7) is 1.78. The zero-order valence-electron chi connectivity index (χ0n) is 21.2. The quantitative estimate of drug-likeness (QED) is 0.363. The van der Waals surface area contributed by atoms with Crippen molar-refractivity contribution in [3.63, 3.8) is 0 Å². The van der Waals surface area contributed by atoms with Crippen molar-refractivity contribution in [2.45, 2.75) is 12.3 Å². The number of rotatable bonds is 7. The SMILES string of the molecule is CN(C)C/C=C/C(=O)N1CC[C@@H](c2cn(-c3ccc(Oc4ccccc4F)cc3)c3c(N)n[nH]c(=O)c23)C1. The molecular formula is C28H29FN6O3. The van der Waals surface area contributed by atoms with Crippen LogP contribution in [0, 0.1) is 5.82 Å². The molecule has 3 heterocycles. The summed E-state index contributed by atoms with van der Waals surface area (Å²) < 4.78 is 21.5. The molecule has 2 aromatic heterocycles. The van der Waals surface area contributed by atoms with Gasteiger partial charge < -0.3 is 24.8 Å². The van der Waals surface area contributed by atoms with E-state index in [0.717, 1.165) is 17.7 Å². The number of para-hydroxylation sites is 1. The summed E-state index contributed by atoms with van der Waals surface area (Å²) in [5.41, 5.74) is 7.95. The molecule has 2 aromatic carbocycles. The summed E-state index contributed by atoms with van der Waals surface area (Å²) in [6, 6.07) is 13.2. The third-order valence-corrected chi connectivity index (χ3v) is 6.63. The molecule has 0 unspecified atom stereocenters. The van der Waals surface area contributed by atoms with E-state index in [1.807, 2.05) is 35.8 Å². The van der Waals surface area contributed by atoms with E-state index in [0.29, 0.717) is 36.3 Å².